The first-order valence-corrected chi connectivity index (χ1v) is 5.57. The van der Waals surface area contributed by atoms with Crippen molar-refractivity contribution in [2.75, 3.05) is 26.2 Å². The van der Waals surface area contributed by atoms with Gasteiger partial charge in [0.1, 0.15) is 4.92 Å². The molecule has 0 atom stereocenters. The van der Waals surface area contributed by atoms with E-state index >= 15 is 0 Å². The predicted molar refractivity (Wildman–Crippen MR) is 63.7 cm³/mol. The highest BCUT2D eigenvalue weighted by atomic mass is 16.6. The molecule has 0 aromatic carbocycles. The fourth-order valence-corrected chi connectivity index (χ4v) is 1.64. The van der Waals surface area contributed by atoms with Crippen LogP contribution in [0.4, 0.5) is 10.7 Å². The van der Waals surface area contributed by atoms with Crippen LogP contribution in [0.5, 0.6) is 0 Å². The number of rotatable bonds is 5. The van der Waals surface area contributed by atoms with Crippen molar-refractivity contribution in [2.24, 2.45) is 5.10 Å². The van der Waals surface area contributed by atoms with Crippen LogP contribution in [-0.4, -0.2) is 58.4 Å². The first kappa shape index (κ1) is 13.0. The summed E-state index contributed by atoms with van der Waals surface area (Å²) in [4.78, 5) is 22.9. The second-order valence-corrected chi connectivity index (χ2v) is 3.79. The van der Waals surface area contributed by atoms with Crippen LogP contribution in [0.3, 0.4) is 0 Å². The third kappa shape index (κ3) is 2.88. The number of furan rings is 1. The number of carbonyl (C=O) groups is 1. The monoisotopic (exact) mass is 268 g/mol. The number of β-amino-alcohol motifs (C(OH)–C–C–N with tert-alkyl or cyclic N) is 1. The van der Waals surface area contributed by atoms with E-state index in [2.05, 4.69) is 5.10 Å². The number of aliphatic hydroxyl groups is 1. The van der Waals surface area contributed by atoms with Crippen LogP contribution in [0.1, 0.15) is 5.76 Å². The molecule has 2 heterocycles. The van der Waals surface area contributed by atoms with E-state index in [9.17, 15) is 14.9 Å². The zero-order valence-corrected chi connectivity index (χ0v) is 9.93. The van der Waals surface area contributed by atoms with Gasteiger partial charge in [0.2, 0.25) is 0 Å². The van der Waals surface area contributed by atoms with E-state index in [1.807, 2.05) is 0 Å². The minimum absolute atomic E-state index is 0.103. The second kappa shape index (κ2) is 5.48. The Morgan fingerprint density at radius 1 is 1.53 bits per heavy atom. The van der Waals surface area contributed by atoms with Gasteiger partial charge in [-0.25, -0.2) is 9.80 Å². The van der Waals surface area contributed by atoms with Crippen molar-refractivity contribution in [2.45, 2.75) is 0 Å². The van der Waals surface area contributed by atoms with E-state index < -0.39 is 4.92 Å². The summed E-state index contributed by atoms with van der Waals surface area (Å²) in [5.41, 5.74) is 0. The van der Waals surface area contributed by atoms with Gasteiger partial charge in [0.05, 0.1) is 25.4 Å². The maximum absolute atomic E-state index is 11.7. The number of nitrogens with zero attached hydrogens (tertiary/aromatic N) is 4. The molecule has 0 unspecified atom stereocenters. The summed E-state index contributed by atoms with van der Waals surface area (Å²) < 4.78 is 4.87. The molecule has 1 aliphatic rings. The first-order chi connectivity index (χ1) is 9.11. The third-order valence-electron chi connectivity index (χ3n) is 2.56. The molecule has 1 N–H and O–H groups in total. The molecule has 0 saturated carbocycles. The van der Waals surface area contributed by atoms with Crippen LogP contribution >= 0.6 is 0 Å². The topological polar surface area (TPSA) is 112 Å². The molecule has 1 fully saturated rings. The molecule has 2 amide bonds. The fourth-order valence-electron chi connectivity index (χ4n) is 1.64. The zero-order valence-electron chi connectivity index (χ0n) is 9.93. The van der Waals surface area contributed by atoms with Crippen LogP contribution < -0.4 is 0 Å². The smallest absolute Gasteiger partial charge is 0.400 e. The van der Waals surface area contributed by atoms with Gasteiger partial charge in [-0.3, -0.25) is 10.1 Å². The first-order valence-electron chi connectivity index (χ1n) is 5.57. The third-order valence-corrected chi connectivity index (χ3v) is 2.56. The molecule has 1 saturated heterocycles. The number of urea groups is 1. The Labute approximate surface area is 107 Å². The Morgan fingerprint density at radius 3 is 2.95 bits per heavy atom. The maximum Gasteiger partial charge on any atom is 0.433 e. The lowest BCUT2D eigenvalue weighted by atomic mass is 10.5. The van der Waals surface area contributed by atoms with Gasteiger partial charge >= 0.3 is 11.9 Å². The number of hydrogen-bond acceptors (Lipinski definition) is 6. The minimum atomic E-state index is -0.651. The molecule has 9 heteroatoms. The molecular formula is C10H12N4O5. The number of hydrazone groups is 1. The number of hydrogen-bond donors (Lipinski definition) is 1. The average molecular weight is 268 g/mol. The SMILES string of the molecule is O=C1N(CCO)CCN1/N=C/c1ccc([N+](=O)[O-])o1. The van der Waals surface area contributed by atoms with Crippen molar-refractivity contribution in [3.63, 3.8) is 0 Å². The Kier molecular flexibility index (Phi) is 3.76. The van der Waals surface area contributed by atoms with Gasteiger partial charge in [-0.05, 0) is 6.07 Å². The van der Waals surface area contributed by atoms with Crippen molar-refractivity contribution < 1.29 is 19.2 Å². The minimum Gasteiger partial charge on any atom is -0.400 e. The largest absolute Gasteiger partial charge is 0.433 e. The van der Waals surface area contributed by atoms with Gasteiger partial charge in [0.15, 0.2) is 5.76 Å². The summed E-state index contributed by atoms with van der Waals surface area (Å²) in [6.45, 7) is 1.04. The fraction of sp³-hybridized carbons (Fsp3) is 0.400. The van der Waals surface area contributed by atoms with E-state index in [4.69, 9.17) is 9.52 Å². The van der Waals surface area contributed by atoms with Crippen molar-refractivity contribution in [1.82, 2.24) is 9.91 Å². The van der Waals surface area contributed by atoms with Crippen LogP contribution in [0.25, 0.3) is 0 Å². The van der Waals surface area contributed by atoms with Crippen LogP contribution in [0.15, 0.2) is 21.7 Å². The second-order valence-electron chi connectivity index (χ2n) is 3.79. The standard InChI is InChI=1S/C10H12N4O5/c15-6-5-12-3-4-13(10(12)16)11-7-8-1-2-9(19-8)14(17)18/h1-2,7,15H,3-6H2/b11-7+. The van der Waals surface area contributed by atoms with Crippen LogP contribution in [0.2, 0.25) is 0 Å². The summed E-state index contributed by atoms with van der Waals surface area (Å²) in [7, 11) is 0. The Bertz CT molecular complexity index is 512. The molecule has 2 rings (SSSR count). The average Bonchev–Trinajstić information content (AvgIpc) is 2.97. The van der Waals surface area contributed by atoms with Gasteiger partial charge in [-0.15, -0.1) is 0 Å². The van der Waals surface area contributed by atoms with Crippen molar-refractivity contribution in [1.29, 1.82) is 0 Å². The molecule has 1 aromatic heterocycles. The maximum atomic E-state index is 11.7. The summed E-state index contributed by atoms with van der Waals surface area (Å²) in [6, 6.07) is 2.30. The van der Waals surface area contributed by atoms with Gasteiger partial charge in [0, 0.05) is 13.1 Å². The van der Waals surface area contributed by atoms with Gasteiger partial charge in [-0.2, -0.15) is 5.10 Å². The van der Waals surface area contributed by atoms with E-state index in [1.165, 1.54) is 28.3 Å². The highest BCUT2D eigenvalue weighted by molar-refractivity contribution is 5.80. The molecule has 0 bridgehead atoms. The molecule has 9 nitrogen and oxygen atoms in total. The number of aliphatic hydroxyl groups excluding tert-OH is 1. The molecule has 19 heavy (non-hydrogen) atoms. The summed E-state index contributed by atoms with van der Waals surface area (Å²) in [6.07, 6.45) is 1.24. The molecule has 0 radical (unpaired) electrons. The highest BCUT2D eigenvalue weighted by Crippen LogP contribution is 2.14. The van der Waals surface area contributed by atoms with E-state index in [0.29, 0.717) is 13.1 Å². The lowest BCUT2D eigenvalue weighted by Gasteiger charge is -2.13. The van der Waals surface area contributed by atoms with Gasteiger partial charge in [-0.1, -0.05) is 0 Å². The Balaban J connectivity index is 1.99. The molecule has 1 aromatic rings. The van der Waals surface area contributed by atoms with Crippen LogP contribution in [0, 0.1) is 10.1 Å². The lowest BCUT2D eigenvalue weighted by Crippen LogP contribution is -2.31. The quantitative estimate of drug-likeness (QED) is 0.467. The Morgan fingerprint density at radius 2 is 2.32 bits per heavy atom. The van der Waals surface area contributed by atoms with E-state index in [1.54, 1.807) is 0 Å². The van der Waals surface area contributed by atoms with E-state index in [-0.39, 0.29) is 30.8 Å². The summed E-state index contributed by atoms with van der Waals surface area (Å²) in [5.74, 6) is -0.184. The molecule has 102 valence electrons. The van der Waals surface area contributed by atoms with Crippen molar-refractivity contribution in [3.8, 4) is 0 Å². The van der Waals surface area contributed by atoms with Gasteiger partial charge < -0.3 is 14.4 Å². The van der Waals surface area contributed by atoms with Crippen molar-refractivity contribution in [3.05, 3.63) is 28.0 Å². The lowest BCUT2D eigenvalue weighted by molar-refractivity contribution is -0.402. The van der Waals surface area contributed by atoms with Crippen LogP contribution in [-0.2, 0) is 0 Å². The van der Waals surface area contributed by atoms with Crippen molar-refractivity contribution >= 4 is 18.1 Å². The molecule has 0 aliphatic carbocycles. The Hall–Kier alpha value is -2.42. The normalized spacial score (nSPS) is 15.7. The van der Waals surface area contributed by atoms with E-state index in [0.717, 1.165) is 0 Å². The summed E-state index contributed by atoms with van der Waals surface area (Å²) in [5, 5.41) is 24.3. The summed E-state index contributed by atoms with van der Waals surface area (Å²) >= 11 is 0. The molecule has 0 spiro atoms. The highest BCUT2D eigenvalue weighted by Gasteiger charge is 2.27. The van der Waals surface area contributed by atoms with Gasteiger partial charge in [0.25, 0.3) is 0 Å². The number of nitro groups is 1. The predicted octanol–water partition coefficient (Wildman–Crippen LogP) is 0.252. The zero-order chi connectivity index (χ0) is 13.8. The number of amides is 2. The molecule has 1 aliphatic heterocycles. The molecular weight excluding hydrogens is 256 g/mol. The number of carbonyl (C=O) groups excluding carboxylic acids is 1.